The number of hydrogen-bond donors (Lipinski definition) is 0. The molecule has 0 amide bonds. The highest BCUT2D eigenvalue weighted by molar-refractivity contribution is 5.85. The molecule has 180 valence electrons. The average Bonchev–Trinajstić information content (AvgIpc) is 3.34. The van der Waals surface area contributed by atoms with E-state index in [0.717, 1.165) is 56.9 Å². The number of ether oxygens (including phenoxy) is 3. The van der Waals surface area contributed by atoms with Gasteiger partial charge in [0.15, 0.2) is 0 Å². The van der Waals surface area contributed by atoms with Gasteiger partial charge in [-0.25, -0.2) is 4.79 Å². The second-order valence-corrected chi connectivity index (χ2v) is 11.2. The van der Waals surface area contributed by atoms with Gasteiger partial charge in [0.05, 0.1) is 6.61 Å². The van der Waals surface area contributed by atoms with E-state index in [-0.39, 0.29) is 34.8 Å². The fraction of sp³-hybridized carbons (Fsp3) is 0.741. The van der Waals surface area contributed by atoms with Crippen molar-refractivity contribution in [3.63, 3.8) is 0 Å². The van der Waals surface area contributed by atoms with Crippen LogP contribution in [0.25, 0.3) is 0 Å². The smallest absolute Gasteiger partial charge is 0.331 e. The van der Waals surface area contributed by atoms with Gasteiger partial charge in [-0.3, -0.25) is 9.59 Å². The molecule has 5 aliphatic rings. The third-order valence-electron chi connectivity index (χ3n) is 9.73. The fourth-order valence-electron chi connectivity index (χ4n) is 8.35. The fourth-order valence-corrected chi connectivity index (χ4v) is 8.35. The first-order valence-electron chi connectivity index (χ1n) is 12.6. The number of hydrogen-bond acceptors (Lipinski definition) is 6. The topological polar surface area (TPSA) is 78.9 Å². The van der Waals surface area contributed by atoms with Crippen molar-refractivity contribution in [1.29, 1.82) is 0 Å². The summed E-state index contributed by atoms with van der Waals surface area (Å²) in [5.74, 6) is 1.09. The van der Waals surface area contributed by atoms with Crippen molar-refractivity contribution in [1.82, 2.24) is 0 Å². The van der Waals surface area contributed by atoms with Crippen molar-refractivity contribution in [2.24, 2.45) is 34.5 Å². The largest absolute Gasteiger partial charge is 0.465 e. The van der Waals surface area contributed by atoms with E-state index in [4.69, 9.17) is 14.2 Å². The van der Waals surface area contributed by atoms with Crippen LogP contribution < -0.4 is 0 Å². The highest BCUT2D eigenvalue weighted by atomic mass is 16.5. The average molecular weight is 457 g/mol. The normalized spacial score (nSPS) is 41.7. The molecule has 6 nitrogen and oxygen atoms in total. The lowest BCUT2D eigenvalue weighted by atomic mass is 9.45. The van der Waals surface area contributed by atoms with Crippen molar-refractivity contribution in [3.8, 4) is 0 Å². The molecule has 1 heterocycles. The molecule has 0 aromatic carbocycles. The quantitative estimate of drug-likeness (QED) is 0.352. The molecule has 0 bridgehead atoms. The van der Waals surface area contributed by atoms with E-state index in [1.165, 1.54) is 13.8 Å². The summed E-state index contributed by atoms with van der Waals surface area (Å²) in [4.78, 5) is 35.1. The molecule has 7 atom stereocenters. The molecule has 33 heavy (non-hydrogen) atoms. The Kier molecular flexibility index (Phi) is 5.69. The number of esters is 3. The van der Waals surface area contributed by atoms with E-state index in [1.54, 1.807) is 11.6 Å². The van der Waals surface area contributed by atoms with Gasteiger partial charge >= 0.3 is 17.9 Å². The summed E-state index contributed by atoms with van der Waals surface area (Å²) in [6.07, 6.45) is 12.2. The predicted molar refractivity (Wildman–Crippen MR) is 121 cm³/mol. The van der Waals surface area contributed by atoms with Crippen molar-refractivity contribution in [2.75, 3.05) is 13.2 Å². The molecule has 1 aliphatic heterocycles. The van der Waals surface area contributed by atoms with E-state index in [1.807, 2.05) is 0 Å². The number of carbonyl (C=O) groups excluding carboxylic acids is 3. The van der Waals surface area contributed by atoms with Crippen LogP contribution in [0.4, 0.5) is 0 Å². The summed E-state index contributed by atoms with van der Waals surface area (Å²) in [6.45, 7) is 6.28. The second-order valence-electron chi connectivity index (χ2n) is 11.2. The molecular formula is C27H36O6. The van der Waals surface area contributed by atoms with Crippen LogP contribution in [0.2, 0.25) is 0 Å². The highest BCUT2D eigenvalue weighted by Crippen LogP contribution is 2.67. The van der Waals surface area contributed by atoms with E-state index < -0.39 is 0 Å². The lowest BCUT2D eigenvalue weighted by molar-refractivity contribution is -0.169. The number of carbonyl (C=O) groups is 3. The molecule has 3 saturated carbocycles. The van der Waals surface area contributed by atoms with Crippen LogP contribution in [-0.4, -0.2) is 37.2 Å². The summed E-state index contributed by atoms with van der Waals surface area (Å²) < 4.78 is 16.6. The van der Waals surface area contributed by atoms with Gasteiger partial charge in [-0.15, -0.1) is 0 Å². The maximum atomic E-state index is 11.8. The molecule has 5 rings (SSSR count). The molecular weight excluding hydrogens is 420 g/mol. The Hall–Kier alpha value is -2.11. The zero-order chi connectivity index (χ0) is 23.4. The minimum Gasteiger partial charge on any atom is -0.465 e. The molecule has 0 unspecified atom stereocenters. The summed E-state index contributed by atoms with van der Waals surface area (Å²) in [7, 11) is 0. The van der Waals surface area contributed by atoms with Crippen LogP contribution in [0.15, 0.2) is 23.3 Å². The Labute approximate surface area is 196 Å². The standard InChI is InChI=1S/C27H36O6/c1-16(28)32-15-27-11-8-20(33-17(2)29)13-19(27)4-5-21-23-7-6-22(18-12-25(30)31-14-18)26(23,3)10-9-24(21)27/h7,12,19-22,24H,4-6,8-11,13-15H2,1-3H3/t19-,20-,21-,22+,24-,26+,27+/m0/s1. The molecule has 6 heteroatoms. The molecule has 0 aromatic heterocycles. The zero-order valence-corrected chi connectivity index (χ0v) is 20.1. The van der Waals surface area contributed by atoms with Gasteiger partial charge in [-0.1, -0.05) is 18.6 Å². The van der Waals surface area contributed by atoms with Crippen molar-refractivity contribution >= 4 is 17.9 Å². The Morgan fingerprint density at radius 3 is 2.64 bits per heavy atom. The Bertz CT molecular complexity index is 918. The second kappa shape index (κ2) is 8.28. The van der Waals surface area contributed by atoms with Gasteiger partial charge in [0.25, 0.3) is 0 Å². The Morgan fingerprint density at radius 2 is 1.94 bits per heavy atom. The summed E-state index contributed by atoms with van der Waals surface area (Å²) >= 11 is 0. The van der Waals surface area contributed by atoms with Gasteiger partial charge in [0, 0.05) is 25.3 Å². The van der Waals surface area contributed by atoms with Crippen LogP contribution in [0.1, 0.15) is 72.1 Å². The van der Waals surface area contributed by atoms with E-state index in [9.17, 15) is 14.4 Å². The molecule has 0 radical (unpaired) electrons. The van der Waals surface area contributed by atoms with E-state index in [2.05, 4.69) is 13.0 Å². The van der Waals surface area contributed by atoms with Crippen LogP contribution in [0.5, 0.6) is 0 Å². The van der Waals surface area contributed by atoms with Gasteiger partial charge in [-0.05, 0) is 86.0 Å². The third-order valence-corrected chi connectivity index (χ3v) is 9.73. The third kappa shape index (κ3) is 3.74. The van der Waals surface area contributed by atoms with Gasteiger partial charge in [0.2, 0.25) is 0 Å². The lowest BCUT2D eigenvalue weighted by Gasteiger charge is -2.60. The highest BCUT2D eigenvalue weighted by Gasteiger charge is 2.60. The van der Waals surface area contributed by atoms with Crippen molar-refractivity contribution in [3.05, 3.63) is 23.3 Å². The SMILES string of the molecule is CC(=O)OC[C@]12CC[C@H](OC(C)=O)C[C@@H]1CC[C@H]1C3=CC[C@H](C4=CC(=O)OC4)[C@@]3(C)CC[C@@H]12. The molecule has 0 N–H and O–H groups in total. The first-order valence-corrected chi connectivity index (χ1v) is 12.6. The zero-order valence-electron chi connectivity index (χ0n) is 20.1. The van der Waals surface area contributed by atoms with E-state index in [0.29, 0.717) is 36.9 Å². The van der Waals surface area contributed by atoms with E-state index >= 15 is 0 Å². The molecule has 0 spiro atoms. The maximum Gasteiger partial charge on any atom is 0.331 e. The number of cyclic esters (lactones) is 1. The molecule has 4 aliphatic carbocycles. The van der Waals surface area contributed by atoms with Crippen LogP contribution in [0.3, 0.4) is 0 Å². The predicted octanol–water partition coefficient (Wildman–Crippen LogP) is 4.52. The number of fused-ring (bicyclic) bond motifs is 5. The van der Waals surface area contributed by atoms with Crippen LogP contribution >= 0.6 is 0 Å². The first kappa shape index (κ1) is 22.7. The number of allylic oxidation sites excluding steroid dienone is 2. The van der Waals surface area contributed by atoms with Gasteiger partial charge < -0.3 is 14.2 Å². The van der Waals surface area contributed by atoms with Gasteiger partial charge in [0.1, 0.15) is 12.7 Å². The molecule has 0 saturated heterocycles. The summed E-state index contributed by atoms with van der Waals surface area (Å²) in [5, 5.41) is 0. The van der Waals surface area contributed by atoms with Crippen molar-refractivity contribution < 1.29 is 28.6 Å². The summed E-state index contributed by atoms with van der Waals surface area (Å²) in [5.41, 5.74) is 2.74. The first-order chi connectivity index (χ1) is 15.7. The Morgan fingerprint density at radius 1 is 1.12 bits per heavy atom. The maximum absolute atomic E-state index is 11.8. The monoisotopic (exact) mass is 456 g/mol. The Balaban J connectivity index is 1.42. The molecule has 0 aromatic rings. The lowest BCUT2D eigenvalue weighted by Crippen LogP contribution is -2.55. The van der Waals surface area contributed by atoms with Crippen LogP contribution in [0, 0.1) is 34.5 Å². The summed E-state index contributed by atoms with van der Waals surface area (Å²) in [6, 6.07) is 0. The minimum absolute atomic E-state index is 0.0229. The van der Waals surface area contributed by atoms with Crippen LogP contribution in [-0.2, 0) is 28.6 Å². The number of rotatable bonds is 4. The minimum atomic E-state index is -0.217. The van der Waals surface area contributed by atoms with Gasteiger partial charge in [-0.2, -0.15) is 0 Å². The van der Waals surface area contributed by atoms with Crippen molar-refractivity contribution in [2.45, 2.75) is 78.2 Å². The molecule has 3 fully saturated rings.